The number of benzene rings is 2. The maximum absolute atomic E-state index is 4.88. The molecule has 0 bridgehead atoms. The summed E-state index contributed by atoms with van der Waals surface area (Å²) >= 11 is 3.34. The van der Waals surface area contributed by atoms with Crippen molar-refractivity contribution in [2.24, 2.45) is 0 Å². The summed E-state index contributed by atoms with van der Waals surface area (Å²) in [6.45, 7) is 7.96. The van der Waals surface area contributed by atoms with Gasteiger partial charge in [-0.05, 0) is 35.8 Å². The van der Waals surface area contributed by atoms with Crippen molar-refractivity contribution in [2.75, 3.05) is 0 Å². The van der Waals surface area contributed by atoms with Gasteiger partial charge in [-0.15, -0.1) is 0 Å². The summed E-state index contributed by atoms with van der Waals surface area (Å²) in [5.74, 6) is 0.664. The molecule has 0 saturated heterocycles. The number of halogens is 1. The zero-order valence-corrected chi connectivity index (χ0v) is 16.5. The molecule has 0 spiro atoms. The quantitative estimate of drug-likeness (QED) is 0.442. The number of hydrogen-bond acceptors (Lipinski definition) is 2. The average Bonchev–Trinajstić information content (AvgIpc) is 2.70. The van der Waals surface area contributed by atoms with E-state index in [2.05, 4.69) is 83.7 Å². The molecule has 1 aromatic heterocycles. The fourth-order valence-corrected chi connectivity index (χ4v) is 3.40. The first-order chi connectivity index (χ1) is 13.1. The third kappa shape index (κ3) is 3.69. The second-order valence-electron chi connectivity index (χ2n) is 6.56. The molecule has 27 heavy (non-hydrogen) atoms. The van der Waals surface area contributed by atoms with Crippen LogP contribution in [0.1, 0.15) is 23.5 Å². The first-order valence-corrected chi connectivity index (χ1v) is 9.69. The Labute approximate surface area is 167 Å². The van der Waals surface area contributed by atoms with E-state index in [1.807, 2.05) is 12.2 Å². The van der Waals surface area contributed by atoms with Crippen LogP contribution in [0.15, 0.2) is 78.3 Å². The Balaban J connectivity index is 1.87. The zero-order chi connectivity index (χ0) is 18.8. The summed E-state index contributed by atoms with van der Waals surface area (Å²) in [7, 11) is 0. The van der Waals surface area contributed by atoms with E-state index < -0.39 is 0 Å². The molecule has 3 aromatic rings. The Bertz CT molecular complexity index is 1120. The van der Waals surface area contributed by atoms with Gasteiger partial charge in [0.05, 0.1) is 11.4 Å². The minimum atomic E-state index is 0.664. The van der Waals surface area contributed by atoms with Crippen LogP contribution in [0.25, 0.3) is 33.7 Å². The molecular formula is C24H19BrN2. The molecule has 4 rings (SSSR count). The van der Waals surface area contributed by atoms with Crippen molar-refractivity contribution in [3.8, 4) is 11.3 Å². The minimum Gasteiger partial charge on any atom is -0.232 e. The second-order valence-corrected chi connectivity index (χ2v) is 7.58. The van der Waals surface area contributed by atoms with Crippen molar-refractivity contribution in [1.29, 1.82) is 0 Å². The van der Waals surface area contributed by atoms with Gasteiger partial charge in [0.15, 0.2) is 5.82 Å². The van der Waals surface area contributed by atoms with Crippen molar-refractivity contribution in [2.45, 2.75) is 12.8 Å². The van der Waals surface area contributed by atoms with Crippen LogP contribution >= 0.6 is 15.9 Å². The molecule has 0 aliphatic heterocycles. The number of allylic oxidation sites excluding steroid dienone is 5. The van der Waals surface area contributed by atoms with Gasteiger partial charge in [0.25, 0.3) is 0 Å². The van der Waals surface area contributed by atoms with Crippen LogP contribution in [0.3, 0.4) is 0 Å². The van der Waals surface area contributed by atoms with Gasteiger partial charge >= 0.3 is 0 Å². The summed E-state index contributed by atoms with van der Waals surface area (Å²) in [4.78, 5) is 9.66. The van der Waals surface area contributed by atoms with Gasteiger partial charge in [0, 0.05) is 21.2 Å². The van der Waals surface area contributed by atoms with Crippen LogP contribution in [-0.4, -0.2) is 9.97 Å². The Morgan fingerprint density at radius 1 is 1.00 bits per heavy atom. The highest BCUT2D eigenvalue weighted by Gasteiger charge is 2.17. The lowest BCUT2D eigenvalue weighted by Crippen LogP contribution is -2.06. The van der Waals surface area contributed by atoms with Gasteiger partial charge in [-0.2, -0.15) is 0 Å². The summed E-state index contributed by atoms with van der Waals surface area (Å²) in [6, 6.07) is 14.9. The Morgan fingerprint density at radius 2 is 1.81 bits per heavy atom. The van der Waals surface area contributed by atoms with Crippen molar-refractivity contribution >= 4 is 38.4 Å². The minimum absolute atomic E-state index is 0.664. The van der Waals surface area contributed by atoms with E-state index >= 15 is 0 Å². The van der Waals surface area contributed by atoms with E-state index in [-0.39, 0.29) is 0 Å². The van der Waals surface area contributed by atoms with Gasteiger partial charge in [0.1, 0.15) is 0 Å². The smallest absolute Gasteiger partial charge is 0.159 e. The van der Waals surface area contributed by atoms with Crippen molar-refractivity contribution < 1.29 is 0 Å². The lowest BCUT2D eigenvalue weighted by atomic mass is 9.96. The van der Waals surface area contributed by atoms with E-state index in [1.54, 1.807) is 0 Å². The average molecular weight is 415 g/mol. The number of rotatable bonds is 4. The normalized spacial score (nSPS) is 13.1. The Hall–Kier alpha value is -2.78. The molecule has 1 aliphatic carbocycles. The fourth-order valence-electron chi connectivity index (χ4n) is 3.27. The lowest BCUT2D eigenvalue weighted by molar-refractivity contribution is 0.902. The molecule has 2 aromatic carbocycles. The van der Waals surface area contributed by atoms with Crippen LogP contribution in [0.5, 0.6) is 0 Å². The van der Waals surface area contributed by atoms with Crippen molar-refractivity contribution in [3.05, 3.63) is 95.4 Å². The first-order valence-electron chi connectivity index (χ1n) is 8.90. The molecule has 0 saturated carbocycles. The molecule has 0 N–H and O–H groups in total. The molecule has 0 amide bonds. The molecule has 1 aliphatic rings. The monoisotopic (exact) mass is 414 g/mol. The van der Waals surface area contributed by atoms with Gasteiger partial charge < -0.3 is 0 Å². The van der Waals surface area contributed by atoms with Crippen molar-refractivity contribution in [3.63, 3.8) is 0 Å². The summed E-state index contributed by atoms with van der Waals surface area (Å²) in [6.07, 6.45) is 10.0. The molecule has 1 heterocycles. The molecule has 132 valence electrons. The van der Waals surface area contributed by atoms with E-state index in [9.17, 15) is 0 Å². The third-order valence-corrected chi connectivity index (χ3v) is 4.90. The molecule has 0 atom stereocenters. The standard InChI is InChI=1S/C24H19BrN2/c1-16(11-12-17(2)25)24-26-22-10-6-5-9-21(22)23(27-24)20-14-13-18-7-3-4-8-19(18)15-20/h3-5,7-9,11-15H,1-2,6,10H2/b12-11-. The third-order valence-electron chi connectivity index (χ3n) is 4.63. The Morgan fingerprint density at radius 3 is 2.63 bits per heavy atom. The highest BCUT2D eigenvalue weighted by Crippen LogP contribution is 2.31. The maximum Gasteiger partial charge on any atom is 0.159 e. The van der Waals surface area contributed by atoms with Crippen LogP contribution in [0, 0.1) is 0 Å². The lowest BCUT2D eigenvalue weighted by Gasteiger charge is -2.16. The number of aromatic nitrogens is 2. The predicted molar refractivity (Wildman–Crippen MR) is 119 cm³/mol. The molecular weight excluding hydrogens is 396 g/mol. The van der Waals surface area contributed by atoms with E-state index in [0.29, 0.717) is 5.82 Å². The largest absolute Gasteiger partial charge is 0.232 e. The van der Waals surface area contributed by atoms with Gasteiger partial charge in [-0.25, -0.2) is 9.97 Å². The van der Waals surface area contributed by atoms with Crippen LogP contribution in [-0.2, 0) is 6.42 Å². The topological polar surface area (TPSA) is 25.8 Å². The molecule has 0 fully saturated rings. The predicted octanol–water partition coefficient (Wildman–Crippen LogP) is 6.73. The highest BCUT2D eigenvalue weighted by atomic mass is 79.9. The SMILES string of the molecule is C=C(Br)/C=C\C(=C)c1nc2c(c(-c3ccc4ccccc4c3)n1)C=CCC2. The molecule has 0 unspecified atom stereocenters. The van der Waals surface area contributed by atoms with E-state index in [4.69, 9.17) is 9.97 Å². The van der Waals surface area contributed by atoms with Gasteiger partial charge in [0.2, 0.25) is 0 Å². The van der Waals surface area contributed by atoms with E-state index in [1.165, 1.54) is 10.8 Å². The number of nitrogens with zero attached hydrogens (tertiary/aromatic N) is 2. The van der Waals surface area contributed by atoms with Gasteiger partial charge in [-0.1, -0.05) is 83.7 Å². The second kappa shape index (κ2) is 7.45. The molecule has 3 heteroatoms. The maximum atomic E-state index is 4.88. The first kappa shape index (κ1) is 17.6. The van der Waals surface area contributed by atoms with Crippen molar-refractivity contribution in [1.82, 2.24) is 9.97 Å². The number of aryl methyl sites for hydroxylation is 1. The van der Waals surface area contributed by atoms with Crippen LogP contribution in [0.2, 0.25) is 0 Å². The highest BCUT2D eigenvalue weighted by molar-refractivity contribution is 9.11. The van der Waals surface area contributed by atoms with Crippen LogP contribution < -0.4 is 0 Å². The summed E-state index contributed by atoms with van der Waals surface area (Å²) in [5.41, 5.74) is 5.03. The number of hydrogen-bond donors (Lipinski definition) is 0. The van der Waals surface area contributed by atoms with Gasteiger partial charge in [-0.3, -0.25) is 0 Å². The zero-order valence-electron chi connectivity index (χ0n) is 15.0. The summed E-state index contributed by atoms with van der Waals surface area (Å²) in [5, 5.41) is 2.43. The Kier molecular flexibility index (Phi) is 4.87. The summed E-state index contributed by atoms with van der Waals surface area (Å²) < 4.78 is 0.791. The molecule has 2 nitrogen and oxygen atoms in total. The van der Waals surface area contributed by atoms with E-state index in [0.717, 1.165) is 45.4 Å². The fraction of sp³-hybridized carbons (Fsp3) is 0.0833. The number of fused-ring (bicyclic) bond motifs is 2. The molecule has 0 radical (unpaired) electrons. The van der Waals surface area contributed by atoms with Crippen LogP contribution in [0.4, 0.5) is 0 Å².